The van der Waals surface area contributed by atoms with Crippen LogP contribution < -0.4 is 5.32 Å². The van der Waals surface area contributed by atoms with E-state index >= 15 is 0 Å². The van der Waals surface area contributed by atoms with Crippen molar-refractivity contribution in [2.45, 2.75) is 13.8 Å². The Bertz CT molecular complexity index is 555. The van der Waals surface area contributed by atoms with Crippen LogP contribution in [0.2, 0.25) is 0 Å². The van der Waals surface area contributed by atoms with E-state index in [0.29, 0.717) is 5.56 Å². The van der Waals surface area contributed by atoms with Gasteiger partial charge in [-0.2, -0.15) is 0 Å². The molecule has 0 aliphatic rings. The van der Waals surface area contributed by atoms with Crippen molar-refractivity contribution in [2.24, 2.45) is 7.05 Å². The van der Waals surface area contributed by atoms with Gasteiger partial charge in [-0.1, -0.05) is 12.1 Å². The molecule has 0 bridgehead atoms. The van der Waals surface area contributed by atoms with Gasteiger partial charge in [-0.05, 0) is 37.1 Å². The molecule has 0 atom stereocenters. The lowest BCUT2D eigenvalue weighted by molar-refractivity contribution is 0.102. The molecule has 0 fully saturated rings. The third kappa shape index (κ3) is 2.56. The fourth-order valence-electron chi connectivity index (χ4n) is 1.70. The summed E-state index contributed by atoms with van der Waals surface area (Å²) in [6, 6.07) is 7.83. The Morgan fingerprint density at radius 3 is 2.65 bits per heavy atom. The standard InChI is InChI=1S/C14H16N2O/c1-10-4-5-11(2)13(8-10)15-14(17)12-6-7-16(3)9-12/h4-9H,1-3H3,(H,15,17). The molecule has 0 saturated carbocycles. The van der Waals surface area contributed by atoms with Crippen molar-refractivity contribution >= 4 is 11.6 Å². The van der Waals surface area contributed by atoms with Gasteiger partial charge in [0.25, 0.3) is 5.91 Å². The highest BCUT2D eigenvalue weighted by Crippen LogP contribution is 2.17. The van der Waals surface area contributed by atoms with Gasteiger partial charge in [0.2, 0.25) is 0 Å². The lowest BCUT2D eigenvalue weighted by Crippen LogP contribution is -2.12. The van der Waals surface area contributed by atoms with Crippen LogP contribution in [0.3, 0.4) is 0 Å². The molecule has 1 aromatic carbocycles. The number of rotatable bonds is 2. The first-order valence-corrected chi connectivity index (χ1v) is 5.57. The van der Waals surface area contributed by atoms with E-state index in [1.54, 1.807) is 12.3 Å². The van der Waals surface area contributed by atoms with Crippen LogP contribution in [-0.4, -0.2) is 10.5 Å². The minimum Gasteiger partial charge on any atom is -0.356 e. The van der Waals surface area contributed by atoms with Crippen LogP contribution in [0.25, 0.3) is 0 Å². The number of carbonyl (C=O) groups excluding carboxylic acids is 1. The molecular formula is C14H16N2O. The van der Waals surface area contributed by atoms with Gasteiger partial charge < -0.3 is 9.88 Å². The fourth-order valence-corrected chi connectivity index (χ4v) is 1.70. The van der Waals surface area contributed by atoms with Crippen LogP contribution >= 0.6 is 0 Å². The van der Waals surface area contributed by atoms with Gasteiger partial charge in [-0.25, -0.2) is 0 Å². The molecule has 2 aromatic rings. The number of hydrogen-bond donors (Lipinski definition) is 1. The molecule has 2 rings (SSSR count). The van der Waals surface area contributed by atoms with Crippen molar-refractivity contribution in [1.29, 1.82) is 0 Å². The van der Waals surface area contributed by atoms with Crippen molar-refractivity contribution < 1.29 is 4.79 Å². The first-order chi connectivity index (χ1) is 8.06. The molecule has 1 N–H and O–H groups in total. The predicted molar refractivity (Wildman–Crippen MR) is 69.3 cm³/mol. The van der Waals surface area contributed by atoms with Crippen molar-refractivity contribution in [3.05, 3.63) is 53.3 Å². The topological polar surface area (TPSA) is 34.0 Å². The number of nitrogens with one attached hydrogen (secondary N) is 1. The van der Waals surface area contributed by atoms with Gasteiger partial charge in [-0.15, -0.1) is 0 Å². The number of aryl methyl sites for hydroxylation is 3. The molecule has 17 heavy (non-hydrogen) atoms. The van der Waals surface area contributed by atoms with Crippen LogP contribution in [0.5, 0.6) is 0 Å². The maximum atomic E-state index is 12.0. The van der Waals surface area contributed by atoms with E-state index in [0.717, 1.165) is 16.8 Å². The summed E-state index contributed by atoms with van der Waals surface area (Å²) < 4.78 is 1.86. The van der Waals surface area contributed by atoms with Gasteiger partial charge in [0.05, 0.1) is 5.56 Å². The molecule has 1 aromatic heterocycles. The Kier molecular flexibility index (Phi) is 3.00. The van der Waals surface area contributed by atoms with Gasteiger partial charge in [0.1, 0.15) is 0 Å². The van der Waals surface area contributed by atoms with E-state index in [-0.39, 0.29) is 5.91 Å². The van der Waals surface area contributed by atoms with Crippen molar-refractivity contribution in [3.8, 4) is 0 Å². The molecular weight excluding hydrogens is 212 g/mol. The van der Waals surface area contributed by atoms with Gasteiger partial charge >= 0.3 is 0 Å². The molecule has 1 heterocycles. The molecule has 0 saturated heterocycles. The van der Waals surface area contributed by atoms with E-state index in [1.165, 1.54) is 0 Å². The highest BCUT2D eigenvalue weighted by Gasteiger charge is 2.08. The molecule has 3 nitrogen and oxygen atoms in total. The second-order valence-electron chi connectivity index (χ2n) is 4.34. The number of aromatic nitrogens is 1. The van der Waals surface area contributed by atoms with Crippen LogP contribution in [0.4, 0.5) is 5.69 Å². The number of nitrogens with zero attached hydrogens (tertiary/aromatic N) is 1. The average molecular weight is 228 g/mol. The lowest BCUT2D eigenvalue weighted by Gasteiger charge is -2.08. The molecule has 0 aliphatic carbocycles. The van der Waals surface area contributed by atoms with Crippen LogP contribution in [-0.2, 0) is 7.05 Å². The summed E-state index contributed by atoms with van der Waals surface area (Å²) in [5.41, 5.74) is 3.76. The smallest absolute Gasteiger partial charge is 0.257 e. The van der Waals surface area contributed by atoms with Gasteiger partial charge in [0, 0.05) is 25.1 Å². The molecule has 0 aliphatic heterocycles. The minimum absolute atomic E-state index is 0.0701. The Morgan fingerprint density at radius 1 is 1.24 bits per heavy atom. The second kappa shape index (κ2) is 4.45. The summed E-state index contributed by atoms with van der Waals surface area (Å²) in [5, 5.41) is 2.93. The van der Waals surface area contributed by atoms with Crippen LogP contribution in [0.15, 0.2) is 36.7 Å². The SMILES string of the molecule is Cc1ccc(C)c(NC(=O)c2ccn(C)c2)c1. The quantitative estimate of drug-likeness (QED) is 0.842. The lowest BCUT2D eigenvalue weighted by atomic mass is 10.1. The highest BCUT2D eigenvalue weighted by atomic mass is 16.1. The number of hydrogen-bond acceptors (Lipinski definition) is 1. The zero-order valence-electron chi connectivity index (χ0n) is 10.3. The van der Waals surface area contributed by atoms with E-state index in [2.05, 4.69) is 5.32 Å². The summed E-state index contributed by atoms with van der Waals surface area (Å²) in [6.45, 7) is 4.00. The van der Waals surface area contributed by atoms with E-state index < -0.39 is 0 Å². The summed E-state index contributed by atoms with van der Waals surface area (Å²) in [6.07, 6.45) is 3.67. The molecule has 0 radical (unpaired) electrons. The largest absolute Gasteiger partial charge is 0.356 e. The molecule has 1 amide bonds. The third-order valence-electron chi connectivity index (χ3n) is 2.74. The monoisotopic (exact) mass is 228 g/mol. The van der Waals surface area contributed by atoms with Crippen molar-refractivity contribution in [3.63, 3.8) is 0 Å². The Morgan fingerprint density at radius 2 is 2.00 bits per heavy atom. The van der Waals surface area contributed by atoms with E-state index in [1.807, 2.05) is 49.9 Å². The maximum Gasteiger partial charge on any atom is 0.257 e. The third-order valence-corrected chi connectivity index (χ3v) is 2.74. The predicted octanol–water partition coefficient (Wildman–Crippen LogP) is 2.89. The van der Waals surface area contributed by atoms with E-state index in [9.17, 15) is 4.79 Å². The summed E-state index contributed by atoms with van der Waals surface area (Å²) in [7, 11) is 1.90. The summed E-state index contributed by atoms with van der Waals surface area (Å²) >= 11 is 0. The number of carbonyl (C=O) groups is 1. The Hall–Kier alpha value is -2.03. The number of anilines is 1. The molecule has 0 spiro atoms. The number of amides is 1. The first-order valence-electron chi connectivity index (χ1n) is 5.57. The maximum absolute atomic E-state index is 12.0. The van der Waals surface area contributed by atoms with Gasteiger partial charge in [0.15, 0.2) is 0 Å². The zero-order chi connectivity index (χ0) is 12.4. The highest BCUT2D eigenvalue weighted by molar-refractivity contribution is 6.04. The average Bonchev–Trinajstić information content (AvgIpc) is 2.70. The Balaban J connectivity index is 2.21. The summed E-state index contributed by atoms with van der Waals surface area (Å²) in [5.74, 6) is -0.0701. The van der Waals surface area contributed by atoms with Crippen molar-refractivity contribution in [1.82, 2.24) is 4.57 Å². The summed E-state index contributed by atoms with van der Waals surface area (Å²) in [4.78, 5) is 12.0. The normalized spacial score (nSPS) is 10.3. The zero-order valence-corrected chi connectivity index (χ0v) is 10.3. The van der Waals surface area contributed by atoms with E-state index in [4.69, 9.17) is 0 Å². The number of benzene rings is 1. The second-order valence-corrected chi connectivity index (χ2v) is 4.34. The van der Waals surface area contributed by atoms with Gasteiger partial charge in [-0.3, -0.25) is 4.79 Å². The Labute approximate surface area is 101 Å². The van der Waals surface area contributed by atoms with Crippen LogP contribution in [0, 0.1) is 13.8 Å². The minimum atomic E-state index is -0.0701. The van der Waals surface area contributed by atoms with Crippen molar-refractivity contribution in [2.75, 3.05) is 5.32 Å². The van der Waals surface area contributed by atoms with Crippen LogP contribution in [0.1, 0.15) is 21.5 Å². The molecule has 88 valence electrons. The molecule has 3 heteroatoms. The molecule has 0 unspecified atom stereocenters. The fraction of sp³-hybridized carbons (Fsp3) is 0.214. The first kappa shape index (κ1) is 11.5.